The SMILES string of the molecule is N[C@H](CCC(=O)O)c1nn[nH]n1. The zero-order valence-corrected chi connectivity index (χ0v) is 6.27. The van der Waals surface area contributed by atoms with E-state index in [9.17, 15) is 4.79 Å². The second kappa shape index (κ2) is 3.77. The fourth-order valence-electron chi connectivity index (χ4n) is 0.735. The van der Waals surface area contributed by atoms with Gasteiger partial charge < -0.3 is 10.8 Å². The van der Waals surface area contributed by atoms with E-state index in [4.69, 9.17) is 10.8 Å². The van der Waals surface area contributed by atoms with Crippen molar-refractivity contribution >= 4 is 5.97 Å². The topological polar surface area (TPSA) is 118 Å². The monoisotopic (exact) mass is 171 g/mol. The molecule has 0 spiro atoms. The first-order chi connectivity index (χ1) is 5.70. The van der Waals surface area contributed by atoms with Gasteiger partial charge in [0.1, 0.15) is 0 Å². The van der Waals surface area contributed by atoms with Gasteiger partial charge in [-0.05, 0) is 6.42 Å². The Hall–Kier alpha value is -1.50. The molecule has 1 heterocycles. The fraction of sp³-hybridized carbons (Fsp3) is 0.600. The lowest BCUT2D eigenvalue weighted by Gasteiger charge is -2.02. The van der Waals surface area contributed by atoms with E-state index in [0.717, 1.165) is 0 Å². The van der Waals surface area contributed by atoms with Crippen LogP contribution in [0.2, 0.25) is 0 Å². The third-order valence-electron chi connectivity index (χ3n) is 1.36. The molecule has 0 amide bonds. The van der Waals surface area contributed by atoms with Crippen LogP contribution in [0.4, 0.5) is 0 Å². The van der Waals surface area contributed by atoms with Crippen molar-refractivity contribution in [2.45, 2.75) is 18.9 Å². The lowest BCUT2D eigenvalue weighted by molar-refractivity contribution is -0.137. The normalized spacial score (nSPS) is 12.8. The van der Waals surface area contributed by atoms with Gasteiger partial charge in [-0.3, -0.25) is 4.79 Å². The second-order valence-electron chi connectivity index (χ2n) is 2.31. The molecule has 0 aliphatic rings. The van der Waals surface area contributed by atoms with Crippen LogP contribution in [0.15, 0.2) is 0 Å². The van der Waals surface area contributed by atoms with E-state index in [-0.39, 0.29) is 6.42 Å². The van der Waals surface area contributed by atoms with Crippen molar-refractivity contribution in [1.82, 2.24) is 20.6 Å². The van der Waals surface area contributed by atoms with Gasteiger partial charge >= 0.3 is 5.97 Å². The Morgan fingerprint density at radius 3 is 3.00 bits per heavy atom. The average Bonchev–Trinajstić information content (AvgIpc) is 2.51. The Morgan fingerprint density at radius 2 is 2.50 bits per heavy atom. The molecule has 1 atom stereocenters. The largest absolute Gasteiger partial charge is 0.481 e. The highest BCUT2D eigenvalue weighted by atomic mass is 16.4. The number of carboxylic acid groups (broad SMARTS) is 1. The third kappa shape index (κ3) is 2.27. The summed E-state index contributed by atoms with van der Waals surface area (Å²) in [6.45, 7) is 0. The molecule has 1 aromatic rings. The van der Waals surface area contributed by atoms with Gasteiger partial charge in [0, 0.05) is 6.42 Å². The van der Waals surface area contributed by atoms with E-state index in [1.54, 1.807) is 0 Å². The standard InChI is InChI=1S/C5H9N5O2/c6-3(1-2-4(11)12)5-7-9-10-8-5/h3H,1-2,6H2,(H,11,12)(H,7,8,9,10)/t3-/m1/s1. The summed E-state index contributed by atoms with van der Waals surface area (Å²) in [6, 6.07) is -0.458. The van der Waals surface area contributed by atoms with Gasteiger partial charge in [-0.1, -0.05) is 5.21 Å². The Labute approximate surface area is 68.0 Å². The number of hydrogen-bond donors (Lipinski definition) is 3. The van der Waals surface area contributed by atoms with Crippen LogP contribution >= 0.6 is 0 Å². The number of hydrogen-bond acceptors (Lipinski definition) is 5. The summed E-state index contributed by atoms with van der Waals surface area (Å²) in [5.41, 5.74) is 5.54. The Kier molecular flexibility index (Phi) is 2.70. The molecule has 66 valence electrons. The summed E-state index contributed by atoms with van der Waals surface area (Å²) in [6.07, 6.45) is 0.324. The molecule has 0 fully saturated rings. The summed E-state index contributed by atoms with van der Waals surface area (Å²) in [5.74, 6) is -0.537. The zero-order chi connectivity index (χ0) is 8.97. The number of nitrogens with zero attached hydrogens (tertiary/aromatic N) is 3. The highest BCUT2D eigenvalue weighted by Gasteiger charge is 2.11. The summed E-state index contributed by atoms with van der Waals surface area (Å²) >= 11 is 0. The number of aliphatic carboxylic acids is 1. The van der Waals surface area contributed by atoms with Crippen molar-refractivity contribution in [2.24, 2.45) is 5.73 Å². The molecule has 4 N–H and O–H groups in total. The van der Waals surface area contributed by atoms with E-state index in [0.29, 0.717) is 12.2 Å². The van der Waals surface area contributed by atoms with Crippen LogP contribution in [0, 0.1) is 0 Å². The van der Waals surface area contributed by atoms with Crippen molar-refractivity contribution < 1.29 is 9.90 Å². The highest BCUT2D eigenvalue weighted by Crippen LogP contribution is 2.08. The van der Waals surface area contributed by atoms with Crippen LogP contribution in [-0.2, 0) is 4.79 Å². The third-order valence-corrected chi connectivity index (χ3v) is 1.36. The molecule has 0 unspecified atom stereocenters. The minimum absolute atomic E-state index is 0.00963. The van der Waals surface area contributed by atoms with Crippen LogP contribution in [0.3, 0.4) is 0 Å². The van der Waals surface area contributed by atoms with Gasteiger partial charge in [0.25, 0.3) is 0 Å². The summed E-state index contributed by atoms with van der Waals surface area (Å²) < 4.78 is 0. The predicted octanol–water partition coefficient (Wildman–Crippen LogP) is -0.936. The van der Waals surface area contributed by atoms with Crippen molar-refractivity contribution in [3.63, 3.8) is 0 Å². The molecule has 7 heteroatoms. The fourth-order valence-corrected chi connectivity index (χ4v) is 0.735. The van der Waals surface area contributed by atoms with Gasteiger partial charge in [0.15, 0.2) is 5.82 Å². The van der Waals surface area contributed by atoms with Crippen LogP contribution in [-0.4, -0.2) is 31.7 Å². The van der Waals surface area contributed by atoms with E-state index in [2.05, 4.69) is 20.6 Å². The first-order valence-electron chi connectivity index (χ1n) is 3.41. The molecular formula is C5H9N5O2. The number of aromatic amines is 1. The van der Waals surface area contributed by atoms with E-state index in [1.807, 2.05) is 0 Å². The number of nitrogens with two attached hydrogens (primary N) is 1. The summed E-state index contributed by atoms with van der Waals surface area (Å²) in [4.78, 5) is 10.2. The predicted molar refractivity (Wildman–Crippen MR) is 38.0 cm³/mol. The van der Waals surface area contributed by atoms with Gasteiger partial charge in [-0.2, -0.15) is 5.21 Å². The molecule has 0 aliphatic carbocycles. The Bertz CT molecular complexity index is 246. The van der Waals surface area contributed by atoms with Crippen molar-refractivity contribution in [3.05, 3.63) is 5.82 Å². The van der Waals surface area contributed by atoms with Gasteiger partial charge in [0.2, 0.25) is 0 Å². The summed E-state index contributed by atoms with van der Waals surface area (Å²) in [7, 11) is 0. The zero-order valence-electron chi connectivity index (χ0n) is 6.27. The van der Waals surface area contributed by atoms with Gasteiger partial charge in [-0.15, -0.1) is 10.2 Å². The number of tetrazole rings is 1. The van der Waals surface area contributed by atoms with Crippen molar-refractivity contribution in [3.8, 4) is 0 Å². The van der Waals surface area contributed by atoms with E-state index in [1.165, 1.54) is 0 Å². The van der Waals surface area contributed by atoms with Crippen LogP contribution in [0.25, 0.3) is 0 Å². The van der Waals surface area contributed by atoms with Gasteiger partial charge in [0.05, 0.1) is 6.04 Å². The van der Waals surface area contributed by atoms with Gasteiger partial charge in [-0.25, -0.2) is 0 Å². The highest BCUT2D eigenvalue weighted by molar-refractivity contribution is 5.66. The second-order valence-corrected chi connectivity index (χ2v) is 2.31. The molecule has 0 bridgehead atoms. The van der Waals surface area contributed by atoms with E-state index >= 15 is 0 Å². The smallest absolute Gasteiger partial charge is 0.303 e. The maximum atomic E-state index is 10.2. The quantitative estimate of drug-likeness (QED) is 0.538. The number of rotatable bonds is 4. The van der Waals surface area contributed by atoms with E-state index < -0.39 is 12.0 Å². The first kappa shape index (κ1) is 8.60. The van der Waals surface area contributed by atoms with Crippen molar-refractivity contribution in [1.29, 1.82) is 0 Å². The molecule has 0 radical (unpaired) electrons. The number of carbonyl (C=O) groups is 1. The minimum atomic E-state index is -0.881. The average molecular weight is 171 g/mol. The molecule has 1 aromatic heterocycles. The molecule has 0 saturated heterocycles. The molecule has 0 aromatic carbocycles. The lowest BCUT2D eigenvalue weighted by atomic mass is 10.1. The number of aromatic nitrogens is 4. The number of carboxylic acids is 1. The Morgan fingerprint density at radius 1 is 1.75 bits per heavy atom. The van der Waals surface area contributed by atoms with Crippen LogP contribution in [0.1, 0.15) is 24.7 Å². The maximum Gasteiger partial charge on any atom is 0.303 e. The lowest BCUT2D eigenvalue weighted by Crippen LogP contribution is -2.13. The Balaban J connectivity index is 2.39. The molecule has 1 rings (SSSR count). The molecule has 7 nitrogen and oxygen atoms in total. The molecule has 0 aliphatic heterocycles. The molecule has 0 saturated carbocycles. The van der Waals surface area contributed by atoms with Crippen LogP contribution in [0.5, 0.6) is 0 Å². The number of nitrogens with one attached hydrogen (secondary N) is 1. The first-order valence-corrected chi connectivity index (χ1v) is 3.41. The molecular weight excluding hydrogens is 162 g/mol. The molecule has 12 heavy (non-hydrogen) atoms. The summed E-state index contributed by atoms with van der Waals surface area (Å²) in [5, 5.41) is 21.1. The van der Waals surface area contributed by atoms with Crippen LogP contribution < -0.4 is 5.73 Å². The van der Waals surface area contributed by atoms with Crippen molar-refractivity contribution in [2.75, 3.05) is 0 Å². The maximum absolute atomic E-state index is 10.2. The minimum Gasteiger partial charge on any atom is -0.481 e. The number of H-pyrrole nitrogens is 1.